The number of nitrogens with two attached hydrogens (primary N) is 1. The van der Waals surface area contributed by atoms with Crippen LogP contribution in [0.4, 0.5) is 0 Å². The third kappa shape index (κ3) is 4.85. The Balaban J connectivity index is 1.61. The molecule has 2 aromatic rings. The predicted octanol–water partition coefficient (Wildman–Crippen LogP) is 4.27. The largest absolute Gasteiger partial charge is 0.490 e. The Bertz CT molecular complexity index is 862. The van der Waals surface area contributed by atoms with Gasteiger partial charge in [-0.1, -0.05) is 29.3 Å². The minimum absolute atomic E-state index is 0.0654. The van der Waals surface area contributed by atoms with Crippen LogP contribution in [0, 0.1) is 0 Å². The van der Waals surface area contributed by atoms with E-state index in [0.717, 1.165) is 12.8 Å². The topological polar surface area (TPSA) is 72.6 Å². The van der Waals surface area contributed by atoms with Crippen LogP contribution in [0.25, 0.3) is 0 Å². The molecule has 7 heteroatoms. The summed E-state index contributed by atoms with van der Waals surface area (Å²) < 4.78 is 5.98. The Kier molecular flexibility index (Phi) is 6.60. The zero-order valence-corrected chi connectivity index (χ0v) is 17.0. The second-order valence-corrected chi connectivity index (χ2v) is 7.68. The molecule has 148 valence electrons. The average molecular weight is 421 g/mol. The Morgan fingerprint density at radius 3 is 2.29 bits per heavy atom. The normalized spacial score (nSPS) is 15.9. The maximum absolute atomic E-state index is 12.7. The summed E-state index contributed by atoms with van der Waals surface area (Å²) in [6.45, 7) is 2.99. The highest BCUT2D eigenvalue weighted by atomic mass is 35.5. The number of hydrogen-bond acceptors (Lipinski definition) is 4. The average Bonchev–Trinajstić information content (AvgIpc) is 2.70. The van der Waals surface area contributed by atoms with Crippen molar-refractivity contribution in [2.75, 3.05) is 13.1 Å². The van der Waals surface area contributed by atoms with Crippen LogP contribution in [0.1, 0.15) is 41.7 Å². The van der Waals surface area contributed by atoms with Gasteiger partial charge in [-0.3, -0.25) is 9.59 Å². The van der Waals surface area contributed by atoms with Crippen LogP contribution in [-0.2, 0) is 4.79 Å². The number of rotatable bonds is 5. The van der Waals surface area contributed by atoms with Crippen molar-refractivity contribution in [2.45, 2.75) is 31.9 Å². The van der Waals surface area contributed by atoms with Crippen molar-refractivity contribution in [3.8, 4) is 5.75 Å². The zero-order valence-electron chi connectivity index (χ0n) is 15.5. The van der Waals surface area contributed by atoms with Crippen LogP contribution in [0.15, 0.2) is 42.5 Å². The molecule has 1 saturated heterocycles. The van der Waals surface area contributed by atoms with Gasteiger partial charge in [-0.05, 0) is 42.0 Å². The number of piperidine rings is 1. The summed E-state index contributed by atoms with van der Waals surface area (Å²) in [5, 5.41) is 0.780. The van der Waals surface area contributed by atoms with Crippen molar-refractivity contribution in [2.24, 2.45) is 5.73 Å². The van der Waals surface area contributed by atoms with E-state index in [2.05, 4.69) is 0 Å². The molecule has 3 rings (SSSR count). The van der Waals surface area contributed by atoms with Crippen molar-refractivity contribution in [1.29, 1.82) is 0 Å². The molecule has 1 atom stereocenters. The predicted molar refractivity (Wildman–Crippen MR) is 110 cm³/mol. The number of likely N-dealkylation sites (tertiary alicyclic amines) is 1. The fourth-order valence-electron chi connectivity index (χ4n) is 3.22. The van der Waals surface area contributed by atoms with Gasteiger partial charge in [-0.25, -0.2) is 0 Å². The minimum atomic E-state index is -0.822. The maximum atomic E-state index is 12.7. The third-order valence-electron chi connectivity index (χ3n) is 4.91. The Hall–Kier alpha value is -2.08. The highest BCUT2D eigenvalue weighted by Crippen LogP contribution is 2.27. The molecular weight excluding hydrogens is 399 g/mol. The molecule has 0 saturated carbocycles. The van der Waals surface area contributed by atoms with Gasteiger partial charge in [0.15, 0.2) is 5.78 Å². The van der Waals surface area contributed by atoms with Crippen LogP contribution in [0.5, 0.6) is 5.75 Å². The van der Waals surface area contributed by atoms with E-state index in [1.165, 1.54) is 0 Å². The first-order valence-corrected chi connectivity index (χ1v) is 9.87. The first-order chi connectivity index (χ1) is 13.3. The molecule has 5 nitrogen and oxygen atoms in total. The van der Waals surface area contributed by atoms with E-state index >= 15 is 0 Å². The summed E-state index contributed by atoms with van der Waals surface area (Å²) in [7, 11) is 0. The molecule has 1 unspecified atom stereocenters. The van der Waals surface area contributed by atoms with E-state index < -0.39 is 6.04 Å². The summed E-state index contributed by atoms with van der Waals surface area (Å²) in [5.74, 6) is 0.584. The molecule has 1 aliphatic heterocycles. The van der Waals surface area contributed by atoms with Gasteiger partial charge < -0.3 is 15.4 Å². The van der Waals surface area contributed by atoms with Gasteiger partial charge in [0, 0.05) is 38.4 Å². The smallest absolute Gasteiger partial charge is 0.219 e. The fraction of sp³-hybridized carbons (Fsp3) is 0.333. The molecule has 0 spiro atoms. The SMILES string of the molecule is CC(=O)N1CCC(Oc2ccc(C(=O)C(N)c3ccc(Cl)c(Cl)c3)cc2)CC1. The molecule has 2 N–H and O–H groups in total. The van der Waals surface area contributed by atoms with Gasteiger partial charge in [0.2, 0.25) is 5.91 Å². The van der Waals surface area contributed by atoms with Crippen molar-refractivity contribution in [1.82, 2.24) is 4.90 Å². The number of Topliss-reactive ketones (excluding diaryl/α,β-unsaturated/α-hetero) is 1. The van der Waals surface area contributed by atoms with E-state index in [4.69, 9.17) is 33.7 Å². The molecule has 1 heterocycles. The molecule has 28 heavy (non-hydrogen) atoms. The highest BCUT2D eigenvalue weighted by molar-refractivity contribution is 6.42. The number of benzene rings is 2. The minimum Gasteiger partial charge on any atom is -0.490 e. The van der Waals surface area contributed by atoms with E-state index in [9.17, 15) is 9.59 Å². The van der Waals surface area contributed by atoms with E-state index in [1.807, 2.05) is 4.90 Å². The number of carbonyl (C=O) groups excluding carboxylic acids is 2. The van der Waals surface area contributed by atoms with Gasteiger partial charge in [0.1, 0.15) is 11.9 Å². The quantitative estimate of drug-likeness (QED) is 0.732. The number of amides is 1. The standard InChI is InChI=1S/C21H22Cl2N2O3/c1-13(26)25-10-8-17(9-11-25)28-16-5-2-14(3-6-16)21(27)20(24)15-4-7-18(22)19(23)12-15/h2-7,12,17,20H,8-11,24H2,1H3. The van der Waals surface area contributed by atoms with Crippen LogP contribution in [-0.4, -0.2) is 35.8 Å². The van der Waals surface area contributed by atoms with Crippen molar-refractivity contribution in [3.05, 3.63) is 63.6 Å². The summed E-state index contributed by atoms with van der Waals surface area (Å²) in [6, 6.07) is 11.1. The van der Waals surface area contributed by atoms with Gasteiger partial charge >= 0.3 is 0 Å². The summed E-state index contributed by atoms with van der Waals surface area (Å²) in [6.07, 6.45) is 1.65. The van der Waals surface area contributed by atoms with E-state index in [1.54, 1.807) is 49.4 Å². The number of ketones is 1. The molecule has 1 amide bonds. The molecule has 0 bridgehead atoms. The molecule has 2 aromatic carbocycles. The van der Waals surface area contributed by atoms with Crippen molar-refractivity contribution >= 4 is 34.9 Å². The van der Waals surface area contributed by atoms with Crippen LogP contribution < -0.4 is 10.5 Å². The lowest BCUT2D eigenvalue weighted by molar-refractivity contribution is -0.130. The van der Waals surface area contributed by atoms with E-state index in [0.29, 0.717) is 40.0 Å². The van der Waals surface area contributed by atoms with E-state index in [-0.39, 0.29) is 17.8 Å². The molecular formula is C21H22Cl2N2O3. The van der Waals surface area contributed by atoms with Crippen LogP contribution in [0.2, 0.25) is 10.0 Å². The molecule has 1 fully saturated rings. The highest BCUT2D eigenvalue weighted by Gasteiger charge is 2.22. The second kappa shape index (κ2) is 8.95. The Morgan fingerprint density at radius 1 is 1.07 bits per heavy atom. The second-order valence-electron chi connectivity index (χ2n) is 6.86. The molecule has 1 aliphatic rings. The summed E-state index contributed by atoms with van der Waals surface area (Å²) in [5.41, 5.74) is 7.21. The Labute approximate surface area is 174 Å². The van der Waals surface area contributed by atoms with Gasteiger partial charge in [-0.15, -0.1) is 0 Å². The third-order valence-corrected chi connectivity index (χ3v) is 5.65. The van der Waals surface area contributed by atoms with Crippen LogP contribution in [0.3, 0.4) is 0 Å². The van der Waals surface area contributed by atoms with Gasteiger partial charge in [-0.2, -0.15) is 0 Å². The maximum Gasteiger partial charge on any atom is 0.219 e. The summed E-state index contributed by atoms with van der Waals surface area (Å²) in [4.78, 5) is 25.9. The van der Waals surface area contributed by atoms with Gasteiger partial charge in [0.25, 0.3) is 0 Å². The molecule has 0 radical (unpaired) electrons. The number of nitrogens with zero attached hydrogens (tertiary/aromatic N) is 1. The zero-order chi connectivity index (χ0) is 20.3. The lowest BCUT2D eigenvalue weighted by Gasteiger charge is -2.31. The number of carbonyl (C=O) groups is 2. The molecule has 0 aliphatic carbocycles. The van der Waals surface area contributed by atoms with Crippen molar-refractivity contribution in [3.63, 3.8) is 0 Å². The Morgan fingerprint density at radius 2 is 1.71 bits per heavy atom. The number of hydrogen-bond donors (Lipinski definition) is 1. The van der Waals surface area contributed by atoms with Crippen LogP contribution >= 0.6 is 23.2 Å². The van der Waals surface area contributed by atoms with Crippen molar-refractivity contribution < 1.29 is 14.3 Å². The summed E-state index contributed by atoms with van der Waals surface area (Å²) >= 11 is 11.9. The first-order valence-electron chi connectivity index (χ1n) is 9.12. The first kappa shape index (κ1) is 20.6. The number of halogens is 2. The number of ether oxygens (including phenoxy) is 1. The molecule has 0 aromatic heterocycles. The van der Waals surface area contributed by atoms with Gasteiger partial charge in [0.05, 0.1) is 16.1 Å². The lowest BCUT2D eigenvalue weighted by Crippen LogP contribution is -2.40. The fourth-order valence-corrected chi connectivity index (χ4v) is 3.52. The lowest BCUT2D eigenvalue weighted by atomic mass is 9.98. The monoisotopic (exact) mass is 420 g/mol.